The summed E-state index contributed by atoms with van der Waals surface area (Å²) in [6, 6.07) is 18.5. The Kier molecular flexibility index (Phi) is 5.73. The second kappa shape index (κ2) is 7.99. The van der Waals surface area contributed by atoms with Crippen LogP contribution in [-0.2, 0) is 0 Å². The molecule has 0 aliphatic rings. The van der Waals surface area contributed by atoms with Crippen LogP contribution in [0.2, 0.25) is 0 Å². The molecule has 114 valence electrons. The number of urea groups is 1. The van der Waals surface area contributed by atoms with Crippen LogP contribution in [0.15, 0.2) is 60.7 Å². The monoisotopic (exact) mass is 314 g/mol. The minimum atomic E-state index is -0.322. The molecule has 6 heteroatoms. The van der Waals surface area contributed by atoms with Gasteiger partial charge in [0.25, 0.3) is 0 Å². The number of hydrogen-bond acceptors (Lipinski definition) is 2. The van der Waals surface area contributed by atoms with E-state index in [1.54, 1.807) is 4.90 Å². The molecule has 0 unspecified atom stereocenters. The van der Waals surface area contributed by atoms with E-state index >= 15 is 0 Å². The van der Waals surface area contributed by atoms with Crippen molar-refractivity contribution in [1.82, 2.24) is 16.2 Å². The highest BCUT2D eigenvalue weighted by Gasteiger charge is 2.17. The van der Waals surface area contributed by atoms with E-state index in [9.17, 15) is 4.79 Å². The zero-order chi connectivity index (χ0) is 15.8. The minimum absolute atomic E-state index is 0.322. The van der Waals surface area contributed by atoms with Crippen LogP contribution in [0.1, 0.15) is 6.92 Å². The molecule has 0 fully saturated rings. The fourth-order valence-electron chi connectivity index (χ4n) is 1.91. The van der Waals surface area contributed by atoms with E-state index < -0.39 is 0 Å². The van der Waals surface area contributed by atoms with E-state index in [4.69, 9.17) is 12.2 Å². The molecule has 0 heterocycles. The quantitative estimate of drug-likeness (QED) is 0.602. The number of hydrazine groups is 1. The molecule has 22 heavy (non-hydrogen) atoms. The van der Waals surface area contributed by atoms with Crippen molar-refractivity contribution >= 4 is 34.7 Å². The van der Waals surface area contributed by atoms with Gasteiger partial charge in [0.1, 0.15) is 0 Å². The summed E-state index contributed by atoms with van der Waals surface area (Å²) >= 11 is 5.04. The largest absolute Gasteiger partial charge is 0.362 e. The summed E-state index contributed by atoms with van der Waals surface area (Å²) < 4.78 is 0. The number of thiocarbonyl (C=S) groups is 1. The van der Waals surface area contributed by atoms with Gasteiger partial charge in [-0.15, -0.1) is 0 Å². The van der Waals surface area contributed by atoms with Crippen molar-refractivity contribution in [2.75, 3.05) is 11.4 Å². The van der Waals surface area contributed by atoms with Gasteiger partial charge >= 0.3 is 6.03 Å². The molecule has 2 aromatic carbocycles. The molecule has 2 amide bonds. The lowest BCUT2D eigenvalue weighted by Crippen LogP contribution is -2.50. The van der Waals surface area contributed by atoms with E-state index in [1.807, 2.05) is 67.6 Å². The van der Waals surface area contributed by atoms with Crippen molar-refractivity contribution in [3.8, 4) is 0 Å². The van der Waals surface area contributed by atoms with Gasteiger partial charge in [-0.2, -0.15) is 0 Å². The number of carbonyl (C=O) groups excluding carboxylic acids is 1. The summed E-state index contributed by atoms with van der Waals surface area (Å²) in [7, 11) is 0. The maximum atomic E-state index is 12.5. The van der Waals surface area contributed by atoms with Crippen LogP contribution < -0.4 is 21.1 Å². The number of rotatable bonds is 3. The molecule has 0 saturated carbocycles. The smallest absolute Gasteiger partial charge is 0.345 e. The minimum Gasteiger partial charge on any atom is -0.362 e. The molecule has 0 radical (unpaired) electrons. The number of amides is 2. The topological polar surface area (TPSA) is 56.4 Å². The third-order valence-electron chi connectivity index (χ3n) is 2.85. The summed E-state index contributed by atoms with van der Waals surface area (Å²) in [5.41, 5.74) is 6.81. The van der Waals surface area contributed by atoms with Gasteiger partial charge < -0.3 is 5.32 Å². The Morgan fingerprint density at radius 3 is 1.91 bits per heavy atom. The van der Waals surface area contributed by atoms with Gasteiger partial charge in [-0.05, 0) is 43.4 Å². The van der Waals surface area contributed by atoms with Gasteiger partial charge in [0.15, 0.2) is 5.11 Å². The Balaban J connectivity index is 2.18. The van der Waals surface area contributed by atoms with Gasteiger partial charge in [0, 0.05) is 6.54 Å². The Hall–Kier alpha value is -2.60. The van der Waals surface area contributed by atoms with Crippen LogP contribution in [-0.4, -0.2) is 17.7 Å². The number of hydrogen-bond donors (Lipinski definition) is 3. The summed E-state index contributed by atoms with van der Waals surface area (Å²) in [4.78, 5) is 14.1. The van der Waals surface area contributed by atoms with E-state index in [0.29, 0.717) is 11.7 Å². The summed E-state index contributed by atoms with van der Waals surface area (Å²) in [5.74, 6) is 0. The first-order valence-electron chi connectivity index (χ1n) is 6.96. The maximum absolute atomic E-state index is 12.5. The maximum Gasteiger partial charge on any atom is 0.345 e. The first kappa shape index (κ1) is 15.8. The molecule has 2 aromatic rings. The van der Waals surface area contributed by atoms with Crippen molar-refractivity contribution in [1.29, 1.82) is 0 Å². The summed E-state index contributed by atoms with van der Waals surface area (Å²) in [5, 5.41) is 3.28. The predicted molar refractivity (Wildman–Crippen MR) is 93.0 cm³/mol. The number of nitrogens with one attached hydrogen (secondary N) is 3. The first-order chi connectivity index (χ1) is 10.7. The van der Waals surface area contributed by atoms with Gasteiger partial charge in [-0.3, -0.25) is 10.3 Å². The molecule has 0 aliphatic heterocycles. The average molecular weight is 314 g/mol. The Morgan fingerprint density at radius 2 is 1.45 bits per heavy atom. The third-order valence-corrected chi connectivity index (χ3v) is 3.10. The lowest BCUT2D eigenvalue weighted by molar-refractivity contribution is 0.247. The Bertz CT molecular complexity index is 579. The molecular weight excluding hydrogens is 296 g/mol. The highest BCUT2D eigenvalue weighted by molar-refractivity contribution is 7.80. The third kappa shape index (κ3) is 4.20. The number of nitrogens with zero attached hydrogens (tertiary/aromatic N) is 1. The zero-order valence-electron chi connectivity index (χ0n) is 12.2. The van der Waals surface area contributed by atoms with Crippen molar-refractivity contribution in [2.45, 2.75) is 6.92 Å². The standard InChI is InChI=1S/C16H18N4OS/c1-2-17-15(22)18-19-16(21)20(13-9-5-3-6-10-13)14-11-7-4-8-12-14/h3-12H,2H2,1H3,(H,19,21)(H2,17,18,22). The fraction of sp³-hybridized carbons (Fsp3) is 0.125. The number of anilines is 2. The number of para-hydroxylation sites is 2. The van der Waals surface area contributed by atoms with Crippen LogP contribution in [0, 0.1) is 0 Å². The van der Waals surface area contributed by atoms with Crippen molar-refractivity contribution < 1.29 is 4.79 Å². The fourth-order valence-corrected chi connectivity index (χ4v) is 2.10. The van der Waals surface area contributed by atoms with Gasteiger partial charge in [-0.25, -0.2) is 10.2 Å². The Morgan fingerprint density at radius 1 is 0.955 bits per heavy atom. The zero-order valence-corrected chi connectivity index (χ0v) is 13.1. The van der Waals surface area contributed by atoms with E-state index in [1.165, 1.54) is 0 Å². The lowest BCUT2D eigenvalue weighted by Gasteiger charge is -2.23. The van der Waals surface area contributed by atoms with E-state index in [0.717, 1.165) is 11.4 Å². The summed E-state index contributed by atoms with van der Waals surface area (Å²) in [6.07, 6.45) is 0. The second-order valence-electron chi connectivity index (χ2n) is 4.42. The predicted octanol–water partition coefficient (Wildman–Crippen LogP) is 2.93. The molecule has 0 saturated heterocycles. The van der Waals surface area contributed by atoms with Crippen molar-refractivity contribution in [3.05, 3.63) is 60.7 Å². The molecule has 0 aliphatic carbocycles. The number of carbonyl (C=O) groups is 1. The van der Waals surface area contributed by atoms with Crippen molar-refractivity contribution in [3.63, 3.8) is 0 Å². The molecule has 0 atom stereocenters. The van der Waals surface area contributed by atoms with Crippen LogP contribution in [0.3, 0.4) is 0 Å². The highest BCUT2D eigenvalue weighted by Crippen LogP contribution is 2.24. The normalized spacial score (nSPS) is 9.68. The summed E-state index contributed by atoms with van der Waals surface area (Å²) in [6.45, 7) is 2.61. The van der Waals surface area contributed by atoms with Crippen LogP contribution in [0.25, 0.3) is 0 Å². The van der Waals surface area contributed by atoms with Crippen LogP contribution in [0.4, 0.5) is 16.2 Å². The van der Waals surface area contributed by atoms with Gasteiger partial charge in [0.05, 0.1) is 11.4 Å². The van der Waals surface area contributed by atoms with Gasteiger partial charge in [0.2, 0.25) is 0 Å². The second-order valence-corrected chi connectivity index (χ2v) is 4.83. The van der Waals surface area contributed by atoms with Crippen molar-refractivity contribution in [2.24, 2.45) is 0 Å². The molecule has 0 bridgehead atoms. The molecule has 3 N–H and O–H groups in total. The molecule has 5 nitrogen and oxygen atoms in total. The molecule has 0 aromatic heterocycles. The SMILES string of the molecule is CCNC(=S)NNC(=O)N(c1ccccc1)c1ccccc1. The average Bonchev–Trinajstić information content (AvgIpc) is 2.55. The highest BCUT2D eigenvalue weighted by atomic mass is 32.1. The first-order valence-corrected chi connectivity index (χ1v) is 7.37. The molecule has 0 spiro atoms. The molecular formula is C16H18N4OS. The van der Waals surface area contributed by atoms with Crippen LogP contribution >= 0.6 is 12.2 Å². The van der Waals surface area contributed by atoms with Crippen LogP contribution in [0.5, 0.6) is 0 Å². The Labute approximate surface area is 135 Å². The van der Waals surface area contributed by atoms with E-state index in [2.05, 4.69) is 16.2 Å². The number of benzene rings is 2. The molecule has 2 rings (SSSR count). The van der Waals surface area contributed by atoms with Gasteiger partial charge in [-0.1, -0.05) is 36.4 Å². The van der Waals surface area contributed by atoms with E-state index in [-0.39, 0.29) is 6.03 Å². The lowest BCUT2D eigenvalue weighted by atomic mass is 10.2.